The first-order chi connectivity index (χ1) is 17.7. The Morgan fingerprint density at radius 3 is 2.62 bits per heavy atom. The maximum absolute atomic E-state index is 14.9. The predicted octanol–water partition coefficient (Wildman–Crippen LogP) is 5.05. The number of nitrogens with one attached hydrogen (secondary N) is 3. The molecule has 0 aliphatic heterocycles. The van der Waals surface area contributed by atoms with Gasteiger partial charge in [-0.15, -0.1) is 0 Å². The van der Waals surface area contributed by atoms with Crippen LogP contribution in [0.5, 0.6) is 5.75 Å². The first kappa shape index (κ1) is 25.4. The van der Waals surface area contributed by atoms with E-state index in [0.29, 0.717) is 28.4 Å². The number of fused-ring (bicyclic) bond motifs is 1. The fourth-order valence-electron chi connectivity index (χ4n) is 4.05. The van der Waals surface area contributed by atoms with E-state index >= 15 is 0 Å². The Morgan fingerprint density at radius 1 is 1.16 bits per heavy atom. The third-order valence-corrected chi connectivity index (χ3v) is 5.73. The van der Waals surface area contributed by atoms with Gasteiger partial charge in [-0.05, 0) is 50.3 Å². The maximum atomic E-state index is 14.9. The summed E-state index contributed by atoms with van der Waals surface area (Å²) in [4.78, 5) is 32.6. The van der Waals surface area contributed by atoms with Crippen molar-refractivity contribution in [2.75, 3.05) is 24.8 Å². The monoisotopic (exact) mass is 502 g/mol. The van der Waals surface area contributed by atoms with Gasteiger partial charge >= 0.3 is 0 Å². The average Bonchev–Trinajstić information content (AvgIpc) is 3.28. The summed E-state index contributed by atoms with van der Waals surface area (Å²) in [7, 11) is 3.09. The average molecular weight is 503 g/mol. The van der Waals surface area contributed by atoms with Crippen LogP contribution in [0.3, 0.4) is 0 Å². The van der Waals surface area contributed by atoms with Crippen molar-refractivity contribution >= 4 is 40.0 Å². The van der Waals surface area contributed by atoms with Crippen molar-refractivity contribution in [3.8, 4) is 17.0 Å². The number of hydrogen-bond acceptors (Lipinski definition) is 6. The lowest BCUT2D eigenvalue weighted by atomic mass is 10.1. The van der Waals surface area contributed by atoms with Crippen molar-refractivity contribution in [1.29, 1.82) is 0 Å². The Kier molecular flexibility index (Phi) is 7.19. The van der Waals surface area contributed by atoms with Gasteiger partial charge in [0.15, 0.2) is 5.82 Å². The summed E-state index contributed by atoms with van der Waals surface area (Å²) in [5.41, 5.74) is 2.89. The van der Waals surface area contributed by atoms with E-state index in [1.54, 1.807) is 31.3 Å². The van der Waals surface area contributed by atoms with Crippen molar-refractivity contribution in [2.45, 2.75) is 19.9 Å². The van der Waals surface area contributed by atoms with Gasteiger partial charge < -0.3 is 25.3 Å². The zero-order valence-corrected chi connectivity index (χ0v) is 20.9. The number of methoxy groups -OCH3 is 1. The van der Waals surface area contributed by atoms with Crippen molar-refractivity contribution in [3.05, 3.63) is 72.8 Å². The summed E-state index contributed by atoms with van der Waals surface area (Å²) in [6, 6.07) is 12.2. The summed E-state index contributed by atoms with van der Waals surface area (Å²) in [6.45, 7) is 7.40. The lowest BCUT2D eigenvalue weighted by molar-refractivity contribution is -0.111. The molecule has 0 saturated heterocycles. The third kappa shape index (κ3) is 5.13. The molecule has 9 nitrogen and oxygen atoms in total. The summed E-state index contributed by atoms with van der Waals surface area (Å²) in [5.74, 6) is -0.557. The molecule has 4 rings (SSSR count). The number of carbonyl (C=O) groups is 2. The number of ether oxygens (including phenoxy) is 1. The van der Waals surface area contributed by atoms with Crippen LogP contribution in [0.25, 0.3) is 22.2 Å². The molecule has 190 valence electrons. The molecule has 0 atom stereocenters. The molecule has 10 heteroatoms. The number of hydrogen-bond donors (Lipinski definition) is 3. The van der Waals surface area contributed by atoms with E-state index < -0.39 is 5.82 Å². The first-order valence-electron chi connectivity index (χ1n) is 11.5. The molecule has 0 spiro atoms. The van der Waals surface area contributed by atoms with Gasteiger partial charge in [0.25, 0.3) is 5.91 Å². The Balaban J connectivity index is 1.75. The van der Waals surface area contributed by atoms with Gasteiger partial charge in [0.2, 0.25) is 11.9 Å². The highest BCUT2D eigenvalue weighted by atomic mass is 19.1. The maximum Gasteiger partial charge on any atom is 0.267 e. The molecule has 2 heterocycles. The molecule has 4 aromatic rings. The van der Waals surface area contributed by atoms with Gasteiger partial charge in [0, 0.05) is 35.2 Å². The van der Waals surface area contributed by atoms with Crippen LogP contribution in [0.4, 0.5) is 21.7 Å². The second-order valence-electron chi connectivity index (χ2n) is 8.47. The molecule has 2 aromatic heterocycles. The minimum Gasteiger partial charge on any atom is -0.495 e. The van der Waals surface area contributed by atoms with Crippen LogP contribution < -0.4 is 20.7 Å². The van der Waals surface area contributed by atoms with E-state index in [4.69, 9.17) is 4.74 Å². The molecule has 3 N–H and O–H groups in total. The molecule has 0 radical (unpaired) electrons. The number of benzene rings is 2. The predicted molar refractivity (Wildman–Crippen MR) is 142 cm³/mol. The van der Waals surface area contributed by atoms with Crippen LogP contribution in [0.2, 0.25) is 0 Å². The van der Waals surface area contributed by atoms with Crippen molar-refractivity contribution < 1.29 is 18.7 Å². The van der Waals surface area contributed by atoms with E-state index in [1.165, 1.54) is 7.11 Å². The molecule has 0 aliphatic rings. The molecule has 2 aromatic carbocycles. The van der Waals surface area contributed by atoms with Crippen LogP contribution in [-0.2, 0) is 4.79 Å². The minimum absolute atomic E-state index is 0.00570. The van der Waals surface area contributed by atoms with Crippen LogP contribution >= 0.6 is 0 Å². The Labute approximate surface area is 213 Å². The van der Waals surface area contributed by atoms with Crippen LogP contribution in [-0.4, -0.2) is 40.5 Å². The lowest BCUT2D eigenvalue weighted by Gasteiger charge is -2.15. The molecule has 0 saturated carbocycles. The van der Waals surface area contributed by atoms with Crippen molar-refractivity contribution in [3.63, 3.8) is 0 Å². The zero-order chi connectivity index (χ0) is 26.7. The number of aromatic nitrogens is 3. The second kappa shape index (κ2) is 10.5. The van der Waals surface area contributed by atoms with Crippen LogP contribution in [0.15, 0.2) is 61.3 Å². The van der Waals surface area contributed by atoms with Gasteiger partial charge in [0.1, 0.15) is 17.1 Å². The zero-order valence-electron chi connectivity index (χ0n) is 20.9. The molecule has 0 fully saturated rings. The van der Waals surface area contributed by atoms with E-state index in [-0.39, 0.29) is 29.5 Å². The van der Waals surface area contributed by atoms with Gasteiger partial charge in [-0.2, -0.15) is 0 Å². The van der Waals surface area contributed by atoms with Crippen LogP contribution in [0.1, 0.15) is 30.4 Å². The molecule has 0 unspecified atom stereocenters. The summed E-state index contributed by atoms with van der Waals surface area (Å²) >= 11 is 0. The number of carbonyl (C=O) groups excluding carboxylic acids is 2. The molecule has 0 aliphatic carbocycles. The fraction of sp³-hybridized carbons (Fsp3) is 0.185. The summed E-state index contributed by atoms with van der Waals surface area (Å²) in [5, 5.41) is 9.23. The van der Waals surface area contributed by atoms with E-state index in [2.05, 4.69) is 32.5 Å². The number of nitrogens with zero attached hydrogens (tertiary/aromatic N) is 3. The highest BCUT2D eigenvalue weighted by Crippen LogP contribution is 2.32. The summed E-state index contributed by atoms with van der Waals surface area (Å²) in [6.07, 6.45) is 2.25. The quantitative estimate of drug-likeness (QED) is 0.291. The third-order valence-electron chi connectivity index (χ3n) is 5.73. The minimum atomic E-state index is -0.599. The number of rotatable bonds is 8. The topological polar surface area (TPSA) is 110 Å². The van der Waals surface area contributed by atoms with Gasteiger partial charge in [-0.3, -0.25) is 9.59 Å². The summed E-state index contributed by atoms with van der Waals surface area (Å²) < 4.78 is 22.2. The van der Waals surface area contributed by atoms with E-state index in [9.17, 15) is 14.0 Å². The van der Waals surface area contributed by atoms with E-state index in [1.807, 2.05) is 36.6 Å². The standard InChI is InChI=1S/C27H27FN6O3/c1-6-24(35)31-18-9-10-23(37-5)20(13-18)32-27-30-14-19(28)25(33-27)17-8-7-16-11-22(26(36)29-4)34(15(2)3)21(16)12-17/h6-15H,1H2,2-5H3,(H,29,36)(H,31,35)(H,30,32,33). The SMILES string of the molecule is C=CC(=O)Nc1ccc(OC)c(Nc2ncc(F)c(-c3ccc4cc(C(=O)NC)n(C(C)C)c4c3)n2)c1. The molecule has 0 bridgehead atoms. The Bertz CT molecular complexity index is 1510. The Morgan fingerprint density at radius 2 is 1.95 bits per heavy atom. The number of amides is 2. The largest absolute Gasteiger partial charge is 0.495 e. The normalized spacial score (nSPS) is 10.9. The van der Waals surface area contributed by atoms with Gasteiger partial charge in [-0.1, -0.05) is 18.7 Å². The van der Waals surface area contributed by atoms with Gasteiger partial charge in [-0.25, -0.2) is 14.4 Å². The molecular weight excluding hydrogens is 475 g/mol. The van der Waals surface area contributed by atoms with Crippen molar-refractivity contribution in [2.24, 2.45) is 0 Å². The second-order valence-corrected chi connectivity index (χ2v) is 8.47. The van der Waals surface area contributed by atoms with Gasteiger partial charge in [0.05, 0.1) is 19.0 Å². The van der Waals surface area contributed by atoms with Crippen LogP contribution in [0, 0.1) is 5.82 Å². The Hall–Kier alpha value is -4.73. The molecule has 37 heavy (non-hydrogen) atoms. The lowest BCUT2D eigenvalue weighted by Crippen LogP contribution is -2.22. The highest BCUT2D eigenvalue weighted by molar-refractivity contribution is 6.00. The number of anilines is 3. The number of halogens is 1. The van der Waals surface area contributed by atoms with E-state index in [0.717, 1.165) is 23.2 Å². The highest BCUT2D eigenvalue weighted by Gasteiger charge is 2.19. The fourth-order valence-corrected chi connectivity index (χ4v) is 4.05. The molecular formula is C27H27FN6O3. The smallest absolute Gasteiger partial charge is 0.267 e. The first-order valence-corrected chi connectivity index (χ1v) is 11.5. The van der Waals surface area contributed by atoms with Crippen molar-refractivity contribution in [1.82, 2.24) is 19.9 Å². The molecule has 2 amide bonds.